The van der Waals surface area contributed by atoms with Crippen molar-refractivity contribution in [3.63, 3.8) is 0 Å². The lowest BCUT2D eigenvalue weighted by atomic mass is 10.0. The lowest BCUT2D eigenvalue weighted by Crippen LogP contribution is -2.38. The third-order valence-corrected chi connectivity index (χ3v) is 4.80. The van der Waals surface area contributed by atoms with Crippen LogP contribution in [-0.2, 0) is 9.47 Å². The molecule has 2 fully saturated rings. The van der Waals surface area contributed by atoms with Crippen LogP contribution in [0.2, 0.25) is 0 Å². The van der Waals surface area contributed by atoms with Crippen molar-refractivity contribution >= 4 is 23.1 Å². The molecule has 0 amide bonds. The Hall–Kier alpha value is -2.58. The fourth-order valence-corrected chi connectivity index (χ4v) is 3.39. The van der Waals surface area contributed by atoms with E-state index in [9.17, 15) is 0 Å². The van der Waals surface area contributed by atoms with E-state index in [1.165, 1.54) is 0 Å². The molecule has 0 aliphatic carbocycles. The Bertz CT molecular complexity index is 736. The summed E-state index contributed by atoms with van der Waals surface area (Å²) in [6.45, 7) is 6.46. The van der Waals surface area contributed by atoms with Crippen molar-refractivity contribution in [2.24, 2.45) is 0 Å². The standard InChI is InChI=1S/C18H24N6O2/c19-17-16(12-21-18(20)22-17)13-9-14(23-1-5-25-6-2-23)11-15(10-13)24-3-7-26-8-4-24/h9-12H,1-8H2,(H4,19,20,21,22). The molecule has 2 aromatic rings. The van der Waals surface area contributed by atoms with Crippen LogP contribution >= 0.6 is 0 Å². The summed E-state index contributed by atoms with van der Waals surface area (Å²) in [6.07, 6.45) is 1.69. The van der Waals surface area contributed by atoms with Gasteiger partial charge in [-0.2, -0.15) is 4.98 Å². The minimum atomic E-state index is 0.184. The van der Waals surface area contributed by atoms with Gasteiger partial charge in [-0.1, -0.05) is 0 Å². The van der Waals surface area contributed by atoms with Gasteiger partial charge >= 0.3 is 0 Å². The normalized spacial score (nSPS) is 18.2. The van der Waals surface area contributed by atoms with Crippen LogP contribution in [0, 0.1) is 0 Å². The summed E-state index contributed by atoms with van der Waals surface area (Å²) in [6, 6.07) is 6.51. The van der Waals surface area contributed by atoms with Gasteiger partial charge < -0.3 is 30.7 Å². The Labute approximate surface area is 152 Å². The highest BCUT2D eigenvalue weighted by Crippen LogP contribution is 2.33. The van der Waals surface area contributed by atoms with Crippen molar-refractivity contribution in [2.75, 3.05) is 73.9 Å². The maximum atomic E-state index is 6.11. The van der Waals surface area contributed by atoms with Crippen molar-refractivity contribution < 1.29 is 9.47 Å². The number of ether oxygens (including phenoxy) is 2. The molecule has 2 aliphatic rings. The van der Waals surface area contributed by atoms with E-state index in [1.807, 2.05) is 0 Å². The molecule has 0 radical (unpaired) electrons. The van der Waals surface area contributed by atoms with Crippen molar-refractivity contribution in [2.45, 2.75) is 0 Å². The molecule has 8 nitrogen and oxygen atoms in total. The van der Waals surface area contributed by atoms with Gasteiger partial charge in [0.2, 0.25) is 5.95 Å². The first-order chi connectivity index (χ1) is 12.7. The van der Waals surface area contributed by atoms with E-state index in [0.29, 0.717) is 5.82 Å². The summed E-state index contributed by atoms with van der Waals surface area (Å²) >= 11 is 0. The second-order valence-corrected chi connectivity index (χ2v) is 6.46. The topological polar surface area (TPSA) is 103 Å². The molecule has 2 aliphatic heterocycles. The third-order valence-electron chi connectivity index (χ3n) is 4.80. The Morgan fingerprint density at radius 2 is 1.35 bits per heavy atom. The van der Waals surface area contributed by atoms with Crippen LogP contribution in [0.5, 0.6) is 0 Å². The van der Waals surface area contributed by atoms with E-state index in [2.05, 4.69) is 38.0 Å². The minimum absolute atomic E-state index is 0.184. The monoisotopic (exact) mass is 356 g/mol. The van der Waals surface area contributed by atoms with Crippen LogP contribution in [0.3, 0.4) is 0 Å². The lowest BCUT2D eigenvalue weighted by Gasteiger charge is -2.33. The highest BCUT2D eigenvalue weighted by molar-refractivity contribution is 5.80. The average molecular weight is 356 g/mol. The summed E-state index contributed by atoms with van der Waals surface area (Å²) in [5.74, 6) is 0.577. The van der Waals surface area contributed by atoms with Crippen molar-refractivity contribution in [1.82, 2.24) is 9.97 Å². The smallest absolute Gasteiger partial charge is 0.221 e. The molecule has 4 rings (SSSR count). The van der Waals surface area contributed by atoms with Gasteiger partial charge in [0, 0.05) is 49.3 Å². The Morgan fingerprint density at radius 1 is 0.808 bits per heavy atom. The number of nitrogens with zero attached hydrogens (tertiary/aromatic N) is 4. The molecule has 0 spiro atoms. The molecule has 138 valence electrons. The molecule has 0 unspecified atom stereocenters. The predicted molar refractivity (Wildman–Crippen MR) is 102 cm³/mol. The highest BCUT2D eigenvalue weighted by Gasteiger charge is 2.18. The van der Waals surface area contributed by atoms with E-state index in [0.717, 1.165) is 75.1 Å². The highest BCUT2D eigenvalue weighted by atomic mass is 16.5. The summed E-state index contributed by atoms with van der Waals surface area (Å²) in [7, 11) is 0. The number of nitrogens with two attached hydrogens (primary N) is 2. The summed E-state index contributed by atoms with van der Waals surface area (Å²) in [5, 5.41) is 0. The maximum Gasteiger partial charge on any atom is 0.221 e. The molecular weight excluding hydrogens is 332 g/mol. The number of morpholine rings is 2. The van der Waals surface area contributed by atoms with Gasteiger partial charge in [0.25, 0.3) is 0 Å². The first-order valence-electron chi connectivity index (χ1n) is 8.89. The Kier molecular flexibility index (Phi) is 4.77. The van der Waals surface area contributed by atoms with Crippen LogP contribution in [0.25, 0.3) is 11.1 Å². The summed E-state index contributed by atoms with van der Waals surface area (Å²) in [4.78, 5) is 12.9. The van der Waals surface area contributed by atoms with Gasteiger partial charge in [0.05, 0.1) is 26.4 Å². The zero-order valence-electron chi connectivity index (χ0n) is 14.7. The fourth-order valence-electron chi connectivity index (χ4n) is 3.39. The van der Waals surface area contributed by atoms with E-state index < -0.39 is 0 Å². The second-order valence-electron chi connectivity index (χ2n) is 6.46. The van der Waals surface area contributed by atoms with E-state index in [1.54, 1.807) is 6.20 Å². The van der Waals surface area contributed by atoms with Gasteiger partial charge in [-0.25, -0.2) is 4.98 Å². The van der Waals surface area contributed by atoms with Crippen molar-refractivity contribution in [3.05, 3.63) is 24.4 Å². The lowest BCUT2D eigenvalue weighted by molar-refractivity contribution is 0.122. The molecule has 3 heterocycles. The number of benzene rings is 1. The van der Waals surface area contributed by atoms with E-state index in [-0.39, 0.29) is 5.95 Å². The van der Waals surface area contributed by atoms with Crippen molar-refractivity contribution in [3.8, 4) is 11.1 Å². The molecule has 1 aromatic heterocycles. The first kappa shape index (κ1) is 16.9. The molecule has 0 bridgehead atoms. The van der Waals surface area contributed by atoms with Gasteiger partial charge in [-0.15, -0.1) is 0 Å². The molecule has 4 N–H and O–H groups in total. The van der Waals surface area contributed by atoms with Crippen LogP contribution in [0.1, 0.15) is 0 Å². The SMILES string of the molecule is Nc1ncc(-c2cc(N3CCOCC3)cc(N3CCOCC3)c2)c(N)n1. The molecule has 26 heavy (non-hydrogen) atoms. The maximum absolute atomic E-state index is 6.11. The number of rotatable bonds is 3. The van der Waals surface area contributed by atoms with Crippen LogP contribution in [0.4, 0.5) is 23.1 Å². The zero-order valence-corrected chi connectivity index (χ0v) is 14.7. The largest absolute Gasteiger partial charge is 0.383 e. The van der Waals surface area contributed by atoms with Crippen LogP contribution in [0.15, 0.2) is 24.4 Å². The molecule has 0 atom stereocenters. The second kappa shape index (κ2) is 7.35. The van der Waals surface area contributed by atoms with Crippen LogP contribution in [-0.4, -0.2) is 62.6 Å². The third kappa shape index (κ3) is 3.51. The quantitative estimate of drug-likeness (QED) is 0.839. The number of hydrogen-bond acceptors (Lipinski definition) is 8. The van der Waals surface area contributed by atoms with Gasteiger partial charge in [-0.3, -0.25) is 0 Å². The number of aromatic nitrogens is 2. The molecule has 1 aromatic carbocycles. The van der Waals surface area contributed by atoms with E-state index in [4.69, 9.17) is 20.9 Å². The number of hydrogen-bond donors (Lipinski definition) is 2. The van der Waals surface area contributed by atoms with Crippen LogP contribution < -0.4 is 21.3 Å². The average Bonchev–Trinajstić information content (AvgIpc) is 2.69. The minimum Gasteiger partial charge on any atom is -0.383 e. The molecule has 0 saturated carbocycles. The summed E-state index contributed by atoms with van der Waals surface area (Å²) in [5.41, 5.74) is 15.9. The predicted octanol–water partition coefficient (Wildman–Crippen LogP) is 0.981. The number of anilines is 4. The Balaban J connectivity index is 1.76. The van der Waals surface area contributed by atoms with E-state index >= 15 is 0 Å². The number of nitrogen functional groups attached to an aromatic ring is 2. The van der Waals surface area contributed by atoms with Gasteiger partial charge in [0.15, 0.2) is 0 Å². The van der Waals surface area contributed by atoms with Gasteiger partial charge in [-0.05, 0) is 23.8 Å². The molecule has 2 saturated heterocycles. The van der Waals surface area contributed by atoms with Crippen molar-refractivity contribution in [1.29, 1.82) is 0 Å². The summed E-state index contributed by atoms with van der Waals surface area (Å²) < 4.78 is 11.0. The zero-order chi connectivity index (χ0) is 17.9. The van der Waals surface area contributed by atoms with Gasteiger partial charge in [0.1, 0.15) is 5.82 Å². The fraction of sp³-hybridized carbons (Fsp3) is 0.444. The first-order valence-corrected chi connectivity index (χ1v) is 8.89. The Morgan fingerprint density at radius 3 is 1.85 bits per heavy atom. The molecular formula is C18H24N6O2. The molecule has 8 heteroatoms.